The molecule has 0 amide bonds. The molecule has 1 rings (SSSR count). The minimum Gasteiger partial charge on any atom is -0.313 e. The summed E-state index contributed by atoms with van der Waals surface area (Å²) in [5.74, 6) is 0.793. The molecular weight excluding hydrogens is 234 g/mol. The van der Waals surface area contributed by atoms with E-state index in [1.165, 1.54) is 37.7 Å². The number of rotatable bonds is 10. The summed E-state index contributed by atoms with van der Waals surface area (Å²) in [5, 5.41) is 8.05. The molecule has 0 fully saturated rings. The van der Waals surface area contributed by atoms with Crippen molar-refractivity contribution < 1.29 is 0 Å². The van der Waals surface area contributed by atoms with E-state index < -0.39 is 0 Å². The summed E-state index contributed by atoms with van der Waals surface area (Å²) in [6, 6.07) is 0.601. The zero-order valence-corrected chi connectivity index (χ0v) is 13.2. The average molecular weight is 265 g/mol. The predicted molar refractivity (Wildman–Crippen MR) is 82.3 cm³/mol. The summed E-state index contributed by atoms with van der Waals surface area (Å²) in [6.45, 7) is 7.95. The van der Waals surface area contributed by atoms with E-state index in [2.05, 4.69) is 37.4 Å². The van der Waals surface area contributed by atoms with Gasteiger partial charge >= 0.3 is 0 Å². The van der Waals surface area contributed by atoms with Crippen LogP contribution in [0.3, 0.4) is 0 Å². The minimum absolute atomic E-state index is 0.601. The van der Waals surface area contributed by atoms with Crippen molar-refractivity contribution in [3.05, 3.63) is 18.0 Å². The van der Waals surface area contributed by atoms with E-state index in [4.69, 9.17) is 0 Å². The largest absolute Gasteiger partial charge is 0.313 e. The molecule has 1 aromatic rings. The Morgan fingerprint density at radius 3 is 2.32 bits per heavy atom. The van der Waals surface area contributed by atoms with Crippen molar-refractivity contribution in [2.75, 3.05) is 6.54 Å². The molecule has 0 aliphatic heterocycles. The molecule has 110 valence electrons. The van der Waals surface area contributed by atoms with Crippen molar-refractivity contribution in [3.63, 3.8) is 0 Å². The van der Waals surface area contributed by atoms with Gasteiger partial charge in [-0.25, -0.2) is 0 Å². The zero-order chi connectivity index (χ0) is 14.1. The van der Waals surface area contributed by atoms with Crippen molar-refractivity contribution >= 4 is 0 Å². The molecular formula is C16H31N3. The van der Waals surface area contributed by atoms with E-state index in [0.29, 0.717) is 6.04 Å². The Morgan fingerprint density at radius 1 is 1.16 bits per heavy atom. The van der Waals surface area contributed by atoms with Gasteiger partial charge in [-0.05, 0) is 43.7 Å². The van der Waals surface area contributed by atoms with Crippen molar-refractivity contribution in [1.82, 2.24) is 15.1 Å². The fourth-order valence-electron chi connectivity index (χ4n) is 2.85. The number of nitrogens with one attached hydrogen (secondary N) is 1. The van der Waals surface area contributed by atoms with Gasteiger partial charge in [-0.3, -0.25) is 4.68 Å². The SMILES string of the molecule is CCCNC(Cc1cnn(C)c1)C(CCC)CCC. The third kappa shape index (κ3) is 5.77. The van der Waals surface area contributed by atoms with E-state index in [9.17, 15) is 0 Å². The molecule has 0 saturated heterocycles. The van der Waals surface area contributed by atoms with Gasteiger partial charge in [-0.1, -0.05) is 33.6 Å². The van der Waals surface area contributed by atoms with Gasteiger partial charge in [0.2, 0.25) is 0 Å². The molecule has 1 aromatic heterocycles. The number of hydrogen-bond acceptors (Lipinski definition) is 2. The minimum atomic E-state index is 0.601. The monoisotopic (exact) mass is 265 g/mol. The molecule has 1 heterocycles. The number of aryl methyl sites for hydroxylation is 1. The van der Waals surface area contributed by atoms with Crippen LogP contribution in [0.1, 0.15) is 58.4 Å². The van der Waals surface area contributed by atoms with Crippen LogP contribution in [0.5, 0.6) is 0 Å². The van der Waals surface area contributed by atoms with Gasteiger partial charge in [0.1, 0.15) is 0 Å². The summed E-state index contributed by atoms with van der Waals surface area (Å²) >= 11 is 0. The Hall–Kier alpha value is -0.830. The first-order valence-electron chi connectivity index (χ1n) is 7.92. The van der Waals surface area contributed by atoms with Crippen molar-refractivity contribution in [2.24, 2.45) is 13.0 Å². The van der Waals surface area contributed by atoms with Crippen molar-refractivity contribution in [1.29, 1.82) is 0 Å². The Labute approximate surface area is 118 Å². The molecule has 0 saturated carbocycles. The van der Waals surface area contributed by atoms with Crippen LogP contribution in [0.4, 0.5) is 0 Å². The maximum Gasteiger partial charge on any atom is 0.0522 e. The van der Waals surface area contributed by atoms with Crippen LogP contribution in [0, 0.1) is 5.92 Å². The first-order chi connectivity index (χ1) is 9.21. The van der Waals surface area contributed by atoms with Crippen LogP contribution < -0.4 is 5.32 Å². The van der Waals surface area contributed by atoms with Gasteiger partial charge in [0.05, 0.1) is 6.20 Å². The van der Waals surface area contributed by atoms with Gasteiger partial charge in [0, 0.05) is 19.3 Å². The molecule has 1 atom stereocenters. The molecule has 0 aliphatic carbocycles. The normalized spacial score (nSPS) is 13.1. The van der Waals surface area contributed by atoms with Gasteiger partial charge < -0.3 is 5.32 Å². The highest BCUT2D eigenvalue weighted by atomic mass is 15.2. The summed E-state index contributed by atoms with van der Waals surface area (Å²) in [5.41, 5.74) is 1.35. The van der Waals surface area contributed by atoms with Gasteiger partial charge in [-0.15, -0.1) is 0 Å². The lowest BCUT2D eigenvalue weighted by Crippen LogP contribution is -2.38. The van der Waals surface area contributed by atoms with Crippen LogP contribution in [-0.2, 0) is 13.5 Å². The van der Waals surface area contributed by atoms with Crippen LogP contribution in [-0.4, -0.2) is 22.4 Å². The van der Waals surface area contributed by atoms with E-state index in [-0.39, 0.29) is 0 Å². The molecule has 1 N–H and O–H groups in total. The lowest BCUT2D eigenvalue weighted by Gasteiger charge is -2.27. The molecule has 0 spiro atoms. The third-order valence-electron chi connectivity index (χ3n) is 3.76. The summed E-state index contributed by atoms with van der Waals surface area (Å²) in [7, 11) is 1.99. The van der Waals surface area contributed by atoms with Gasteiger partial charge in [-0.2, -0.15) is 5.10 Å². The fraction of sp³-hybridized carbons (Fsp3) is 0.812. The summed E-state index contributed by atoms with van der Waals surface area (Å²) < 4.78 is 1.90. The summed E-state index contributed by atoms with van der Waals surface area (Å²) in [6.07, 6.45) is 11.7. The number of hydrogen-bond donors (Lipinski definition) is 1. The molecule has 0 radical (unpaired) electrons. The average Bonchev–Trinajstić information content (AvgIpc) is 2.80. The second-order valence-electron chi connectivity index (χ2n) is 5.62. The Morgan fingerprint density at radius 2 is 1.84 bits per heavy atom. The maximum absolute atomic E-state index is 4.29. The van der Waals surface area contributed by atoms with Crippen molar-refractivity contribution in [3.8, 4) is 0 Å². The molecule has 3 nitrogen and oxygen atoms in total. The molecule has 0 aromatic carbocycles. The van der Waals surface area contributed by atoms with E-state index in [0.717, 1.165) is 18.9 Å². The second kappa shape index (κ2) is 9.13. The quantitative estimate of drug-likeness (QED) is 0.701. The van der Waals surface area contributed by atoms with E-state index in [1.54, 1.807) is 0 Å². The topological polar surface area (TPSA) is 29.9 Å². The lowest BCUT2D eigenvalue weighted by molar-refractivity contribution is 0.308. The van der Waals surface area contributed by atoms with Crippen LogP contribution in [0.2, 0.25) is 0 Å². The molecule has 0 aliphatic rings. The second-order valence-corrected chi connectivity index (χ2v) is 5.62. The molecule has 1 unspecified atom stereocenters. The zero-order valence-electron chi connectivity index (χ0n) is 13.2. The van der Waals surface area contributed by atoms with Crippen LogP contribution in [0.15, 0.2) is 12.4 Å². The standard InChI is InChI=1S/C16H31N3/c1-5-8-15(9-6-2)16(17-10-7-3)11-14-12-18-19(4)13-14/h12-13,15-17H,5-11H2,1-4H3. The predicted octanol–water partition coefficient (Wildman–Crippen LogP) is 3.55. The third-order valence-corrected chi connectivity index (χ3v) is 3.76. The first-order valence-corrected chi connectivity index (χ1v) is 7.92. The molecule has 3 heteroatoms. The fourth-order valence-corrected chi connectivity index (χ4v) is 2.85. The lowest BCUT2D eigenvalue weighted by atomic mass is 9.87. The number of aromatic nitrogens is 2. The first kappa shape index (κ1) is 16.2. The highest BCUT2D eigenvalue weighted by Gasteiger charge is 2.20. The van der Waals surface area contributed by atoms with Crippen LogP contribution in [0.25, 0.3) is 0 Å². The van der Waals surface area contributed by atoms with E-state index in [1.807, 2.05) is 17.9 Å². The Balaban J connectivity index is 2.67. The van der Waals surface area contributed by atoms with Crippen LogP contribution >= 0.6 is 0 Å². The molecule has 0 bridgehead atoms. The highest BCUT2D eigenvalue weighted by Crippen LogP contribution is 2.21. The maximum atomic E-state index is 4.29. The Bertz CT molecular complexity index is 326. The van der Waals surface area contributed by atoms with Gasteiger partial charge in [0.15, 0.2) is 0 Å². The molecule has 19 heavy (non-hydrogen) atoms. The highest BCUT2D eigenvalue weighted by molar-refractivity contribution is 5.06. The van der Waals surface area contributed by atoms with E-state index >= 15 is 0 Å². The summed E-state index contributed by atoms with van der Waals surface area (Å²) in [4.78, 5) is 0. The van der Waals surface area contributed by atoms with Gasteiger partial charge in [0.25, 0.3) is 0 Å². The smallest absolute Gasteiger partial charge is 0.0522 e. The van der Waals surface area contributed by atoms with Crippen molar-refractivity contribution in [2.45, 2.75) is 65.3 Å². The number of nitrogens with zero attached hydrogens (tertiary/aromatic N) is 2. The Kier molecular flexibility index (Phi) is 7.80.